The van der Waals surface area contributed by atoms with E-state index in [1.807, 2.05) is 0 Å². The fourth-order valence-corrected chi connectivity index (χ4v) is 0.474. The van der Waals surface area contributed by atoms with Crippen molar-refractivity contribution < 1.29 is 15.3 Å². The second-order valence-corrected chi connectivity index (χ2v) is 3.23. The minimum Gasteiger partial charge on any atom is -0.396 e. The van der Waals surface area contributed by atoms with E-state index in [-0.39, 0.29) is 0 Å². The Balaban J connectivity index is -0.0000000693. The summed E-state index contributed by atoms with van der Waals surface area (Å²) >= 11 is 0. The molecule has 0 aliphatic heterocycles. The van der Waals surface area contributed by atoms with Gasteiger partial charge in [-0.15, -0.1) is 13.2 Å². The molecule has 0 radical (unpaired) electrons. The Hall–Kier alpha value is -0.380. The Morgan fingerprint density at radius 2 is 0.765 bits per heavy atom. The second kappa shape index (κ2) is 44.9. The van der Waals surface area contributed by atoms with Crippen LogP contribution in [0.5, 0.6) is 0 Å². The number of rotatable bonds is 6. The Morgan fingerprint density at radius 1 is 0.588 bits per heavy atom. The molecule has 0 aromatic carbocycles. The molecular formula is C14H34O3. The molecule has 0 atom stereocenters. The zero-order valence-electron chi connectivity index (χ0n) is 12.1. The molecule has 0 heterocycles. The van der Waals surface area contributed by atoms with Gasteiger partial charge in [0, 0.05) is 19.8 Å². The summed E-state index contributed by atoms with van der Waals surface area (Å²) in [4.78, 5) is 0. The van der Waals surface area contributed by atoms with E-state index < -0.39 is 0 Å². The van der Waals surface area contributed by atoms with Gasteiger partial charge in [-0.25, -0.2) is 0 Å². The lowest BCUT2D eigenvalue weighted by molar-refractivity contribution is 0.286. The summed E-state index contributed by atoms with van der Waals surface area (Å²) < 4.78 is 0. The first-order valence-corrected chi connectivity index (χ1v) is 6.57. The van der Waals surface area contributed by atoms with E-state index in [0.717, 1.165) is 38.5 Å². The topological polar surface area (TPSA) is 60.7 Å². The highest BCUT2D eigenvalue weighted by Crippen LogP contribution is 1.79. The number of hydrogen-bond acceptors (Lipinski definition) is 3. The van der Waals surface area contributed by atoms with Crippen LogP contribution in [0, 0.1) is 0 Å². The normalized spacial score (nSPS) is 7.65. The summed E-state index contributed by atoms with van der Waals surface area (Å²) in [5.41, 5.74) is 0. The summed E-state index contributed by atoms with van der Waals surface area (Å²) in [6, 6.07) is 0. The third kappa shape index (κ3) is 91.7. The van der Waals surface area contributed by atoms with E-state index in [4.69, 9.17) is 15.3 Å². The minimum atomic E-state index is 0.344. The maximum Gasteiger partial charge on any atom is 0.0430 e. The third-order valence-corrected chi connectivity index (χ3v) is 1.54. The highest BCUT2D eigenvalue weighted by molar-refractivity contribution is 4.24. The van der Waals surface area contributed by atoms with Crippen LogP contribution in [0.2, 0.25) is 0 Å². The first kappa shape index (κ1) is 25.5. The van der Waals surface area contributed by atoms with Crippen molar-refractivity contribution in [3.05, 3.63) is 13.2 Å². The molecule has 0 aliphatic rings. The molecule has 0 aromatic heterocycles. The van der Waals surface area contributed by atoms with Gasteiger partial charge in [0.25, 0.3) is 0 Å². The summed E-state index contributed by atoms with van der Waals surface area (Å²) in [7, 11) is 0. The predicted octanol–water partition coefficient (Wildman–Crippen LogP) is 3.14. The van der Waals surface area contributed by atoms with E-state index in [0.29, 0.717) is 19.8 Å². The molecule has 0 fully saturated rings. The van der Waals surface area contributed by atoms with E-state index in [1.54, 1.807) is 0 Å². The average Bonchev–Trinajstić information content (AvgIpc) is 2.36. The minimum absolute atomic E-state index is 0.344. The highest BCUT2D eigenvalue weighted by atomic mass is 16.3. The summed E-state index contributed by atoms with van der Waals surface area (Å²) in [6.45, 7) is 13.2. The largest absolute Gasteiger partial charge is 0.396 e. The molecule has 0 rings (SSSR count). The summed E-state index contributed by atoms with van der Waals surface area (Å²) in [5.74, 6) is 0. The number of aliphatic hydroxyl groups is 3. The molecule has 0 saturated carbocycles. The van der Waals surface area contributed by atoms with Gasteiger partial charge in [-0.3, -0.25) is 0 Å². The van der Waals surface area contributed by atoms with Crippen LogP contribution >= 0.6 is 0 Å². The second-order valence-electron chi connectivity index (χ2n) is 3.23. The lowest BCUT2D eigenvalue weighted by atomic mass is 10.4. The first-order chi connectivity index (χ1) is 8.24. The van der Waals surface area contributed by atoms with Gasteiger partial charge >= 0.3 is 0 Å². The molecule has 3 heteroatoms. The Kier molecular flexibility index (Phi) is 67.3. The average molecular weight is 250 g/mol. The highest BCUT2D eigenvalue weighted by Gasteiger charge is 1.70. The zero-order chi connectivity index (χ0) is 14.4. The standard InChI is InChI=1S/3C4H10O.C2H4/c3*1-2-3-4-5;1-2/h3*5H,2-4H2,1H3;1-2H2. The van der Waals surface area contributed by atoms with Crippen LogP contribution in [0.15, 0.2) is 13.2 Å². The molecule has 3 nitrogen and oxygen atoms in total. The summed E-state index contributed by atoms with van der Waals surface area (Å²) in [5, 5.41) is 24.2. The molecule has 0 amide bonds. The van der Waals surface area contributed by atoms with E-state index in [2.05, 4.69) is 33.9 Å². The lowest BCUT2D eigenvalue weighted by Crippen LogP contribution is -1.75. The molecule has 0 aliphatic carbocycles. The molecule has 0 spiro atoms. The van der Waals surface area contributed by atoms with Crippen molar-refractivity contribution in [2.24, 2.45) is 0 Å². The van der Waals surface area contributed by atoms with E-state index in [9.17, 15) is 0 Å². The van der Waals surface area contributed by atoms with Gasteiger partial charge in [-0.1, -0.05) is 40.0 Å². The smallest absolute Gasteiger partial charge is 0.0430 e. The molecule has 0 aromatic rings. The van der Waals surface area contributed by atoms with Crippen LogP contribution in [0.4, 0.5) is 0 Å². The van der Waals surface area contributed by atoms with E-state index >= 15 is 0 Å². The van der Waals surface area contributed by atoms with Crippen molar-refractivity contribution in [1.82, 2.24) is 0 Å². The van der Waals surface area contributed by atoms with Gasteiger partial charge in [0.15, 0.2) is 0 Å². The van der Waals surface area contributed by atoms with Crippen molar-refractivity contribution in [3.63, 3.8) is 0 Å². The van der Waals surface area contributed by atoms with Crippen molar-refractivity contribution in [3.8, 4) is 0 Å². The van der Waals surface area contributed by atoms with Crippen LogP contribution in [-0.2, 0) is 0 Å². The Labute approximate surface area is 108 Å². The number of hydrogen-bond donors (Lipinski definition) is 3. The van der Waals surface area contributed by atoms with Crippen LogP contribution in [0.3, 0.4) is 0 Å². The van der Waals surface area contributed by atoms with Crippen LogP contribution in [0.1, 0.15) is 59.3 Å². The lowest BCUT2D eigenvalue weighted by Gasteiger charge is -1.79. The maximum absolute atomic E-state index is 8.07. The third-order valence-electron chi connectivity index (χ3n) is 1.54. The predicted molar refractivity (Wildman–Crippen MR) is 77.2 cm³/mol. The van der Waals surface area contributed by atoms with E-state index in [1.165, 1.54) is 0 Å². The van der Waals surface area contributed by atoms with Gasteiger partial charge in [-0.2, -0.15) is 0 Å². The van der Waals surface area contributed by atoms with Gasteiger partial charge in [0.2, 0.25) is 0 Å². The fraction of sp³-hybridized carbons (Fsp3) is 0.857. The van der Waals surface area contributed by atoms with Crippen LogP contribution in [0.25, 0.3) is 0 Å². The van der Waals surface area contributed by atoms with Gasteiger partial charge in [0.1, 0.15) is 0 Å². The quantitative estimate of drug-likeness (QED) is 0.635. The van der Waals surface area contributed by atoms with Crippen LogP contribution < -0.4 is 0 Å². The molecular weight excluding hydrogens is 216 g/mol. The van der Waals surface area contributed by atoms with Gasteiger partial charge < -0.3 is 15.3 Å². The number of unbranched alkanes of at least 4 members (excludes halogenated alkanes) is 3. The maximum atomic E-state index is 8.07. The van der Waals surface area contributed by atoms with Crippen molar-refractivity contribution >= 4 is 0 Å². The van der Waals surface area contributed by atoms with Crippen molar-refractivity contribution in [1.29, 1.82) is 0 Å². The zero-order valence-corrected chi connectivity index (χ0v) is 12.1. The Bertz CT molecular complexity index is 57.6. The molecule has 0 unspecified atom stereocenters. The van der Waals surface area contributed by atoms with Gasteiger partial charge in [-0.05, 0) is 19.3 Å². The number of aliphatic hydroxyl groups excluding tert-OH is 3. The molecule has 0 saturated heterocycles. The van der Waals surface area contributed by atoms with Gasteiger partial charge in [0.05, 0.1) is 0 Å². The molecule has 108 valence electrons. The van der Waals surface area contributed by atoms with Crippen molar-refractivity contribution in [2.75, 3.05) is 19.8 Å². The summed E-state index contributed by atoms with van der Waals surface area (Å²) in [6.07, 6.45) is 6.11. The monoisotopic (exact) mass is 250 g/mol. The molecule has 3 N–H and O–H groups in total. The first-order valence-electron chi connectivity index (χ1n) is 6.57. The fourth-order valence-electron chi connectivity index (χ4n) is 0.474. The Morgan fingerprint density at radius 3 is 0.765 bits per heavy atom. The molecule has 17 heavy (non-hydrogen) atoms. The SMILES string of the molecule is C=C.CCCCO.CCCCO.CCCCO. The molecule has 0 bridgehead atoms. The van der Waals surface area contributed by atoms with Crippen LogP contribution in [-0.4, -0.2) is 35.1 Å². The van der Waals surface area contributed by atoms with Crippen molar-refractivity contribution in [2.45, 2.75) is 59.3 Å².